The van der Waals surface area contributed by atoms with Gasteiger partial charge in [-0.2, -0.15) is 0 Å². The Labute approximate surface area is 187 Å². The molecule has 3 heteroatoms. The number of aliphatic hydroxyl groups excluding tert-OH is 1. The first-order chi connectivity index (χ1) is 14.8. The summed E-state index contributed by atoms with van der Waals surface area (Å²) in [6.07, 6.45) is 11.7. The second-order valence-electron chi connectivity index (χ2n) is 11.9. The summed E-state index contributed by atoms with van der Waals surface area (Å²) in [7, 11) is 0. The van der Waals surface area contributed by atoms with Crippen LogP contribution in [0, 0.1) is 46.2 Å². The average Bonchev–Trinajstić information content (AvgIpc) is 3.11. The molecule has 0 saturated heterocycles. The lowest BCUT2D eigenvalue weighted by molar-refractivity contribution is -0.139. The molecular weight excluding hydrogens is 387 g/mol. The largest absolute Gasteiger partial charge is 0.393 e. The summed E-state index contributed by atoms with van der Waals surface area (Å²) in [4.78, 5) is 13.3. The van der Waals surface area contributed by atoms with Crippen molar-refractivity contribution in [3.63, 3.8) is 0 Å². The standard InChI is InChI=1S/C28H39FO2/c1-27-15-13-21(30)17-19(27)6-9-22-23-10-11-25(28(23,2)16-14-24(22)27)26(31)12-5-18-3-7-20(29)8-4-18/h3-4,7-8,19,21-25,30H,5-6,9-17H2,1-2H3/t19-,21-,22-,23-,24-,25+,27-,28-/m0/s1. The molecule has 0 aliphatic heterocycles. The highest BCUT2D eigenvalue weighted by atomic mass is 19.1. The lowest BCUT2D eigenvalue weighted by Gasteiger charge is -2.60. The van der Waals surface area contributed by atoms with E-state index in [0.717, 1.165) is 43.1 Å². The predicted molar refractivity (Wildman–Crippen MR) is 121 cm³/mol. The number of hydrogen-bond acceptors (Lipinski definition) is 2. The van der Waals surface area contributed by atoms with Crippen molar-refractivity contribution in [1.82, 2.24) is 0 Å². The number of carbonyl (C=O) groups is 1. The maximum atomic E-state index is 13.3. The number of aryl methyl sites for hydroxylation is 1. The van der Waals surface area contributed by atoms with Crippen LogP contribution in [0.15, 0.2) is 24.3 Å². The third-order valence-corrected chi connectivity index (χ3v) is 10.6. The van der Waals surface area contributed by atoms with E-state index in [-0.39, 0.29) is 23.3 Å². The van der Waals surface area contributed by atoms with Crippen LogP contribution in [0.25, 0.3) is 0 Å². The Kier molecular flexibility index (Phi) is 5.56. The number of rotatable bonds is 4. The van der Waals surface area contributed by atoms with Gasteiger partial charge in [0.1, 0.15) is 11.6 Å². The molecule has 0 aromatic heterocycles. The van der Waals surface area contributed by atoms with Crippen molar-refractivity contribution >= 4 is 5.78 Å². The lowest BCUT2D eigenvalue weighted by Crippen LogP contribution is -2.54. The third kappa shape index (κ3) is 3.59. The summed E-state index contributed by atoms with van der Waals surface area (Å²) >= 11 is 0. The zero-order valence-electron chi connectivity index (χ0n) is 19.3. The molecule has 1 N–H and O–H groups in total. The molecule has 4 saturated carbocycles. The Hall–Kier alpha value is -1.22. The molecular formula is C28H39FO2. The Morgan fingerprint density at radius 3 is 2.45 bits per heavy atom. The van der Waals surface area contributed by atoms with E-state index in [9.17, 15) is 14.3 Å². The van der Waals surface area contributed by atoms with Gasteiger partial charge >= 0.3 is 0 Å². The van der Waals surface area contributed by atoms with Gasteiger partial charge in [0.05, 0.1) is 6.10 Å². The normalized spacial score (nSPS) is 44.3. The fourth-order valence-electron chi connectivity index (χ4n) is 8.86. The smallest absolute Gasteiger partial charge is 0.136 e. The first kappa shape index (κ1) is 21.6. The van der Waals surface area contributed by atoms with Crippen LogP contribution in [-0.4, -0.2) is 17.0 Å². The number of ketones is 1. The van der Waals surface area contributed by atoms with Gasteiger partial charge in [-0.1, -0.05) is 26.0 Å². The van der Waals surface area contributed by atoms with Gasteiger partial charge in [0.15, 0.2) is 0 Å². The van der Waals surface area contributed by atoms with Gasteiger partial charge in [0.2, 0.25) is 0 Å². The molecule has 2 nitrogen and oxygen atoms in total. The van der Waals surface area contributed by atoms with E-state index in [1.165, 1.54) is 50.7 Å². The van der Waals surface area contributed by atoms with Gasteiger partial charge in [0, 0.05) is 12.3 Å². The topological polar surface area (TPSA) is 37.3 Å². The van der Waals surface area contributed by atoms with Gasteiger partial charge in [-0.25, -0.2) is 4.39 Å². The second kappa shape index (κ2) is 7.97. The molecule has 1 aromatic carbocycles. The molecule has 0 spiro atoms. The number of Topliss-reactive ketones (excluding diaryl/α,β-unsaturated/α-hetero) is 1. The average molecular weight is 427 g/mol. The lowest BCUT2D eigenvalue weighted by atomic mass is 9.44. The summed E-state index contributed by atoms with van der Waals surface area (Å²) in [6, 6.07) is 6.62. The summed E-state index contributed by atoms with van der Waals surface area (Å²) in [5.74, 6) is 3.36. The number of benzene rings is 1. The quantitative estimate of drug-likeness (QED) is 0.609. The number of fused-ring (bicyclic) bond motifs is 5. The molecule has 170 valence electrons. The van der Waals surface area contributed by atoms with Crippen LogP contribution in [0.3, 0.4) is 0 Å². The van der Waals surface area contributed by atoms with Crippen LogP contribution in [0.1, 0.15) is 83.6 Å². The molecule has 4 aliphatic carbocycles. The minimum atomic E-state index is -0.214. The van der Waals surface area contributed by atoms with Crippen molar-refractivity contribution in [3.05, 3.63) is 35.6 Å². The third-order valence-electron chi connectivity index (χ3n) is 10.6. The molecule has 0 amide bonds. The van der Waals surface area contributed by atoms with E-state index >= 15 is 0 Å². The van der Waals surface area contributed by atoms with E-state index in [2.05, 4.69) is 13.8 Å². The van der Waals surface area contributed by atoms with Crippen LogP contribution in [0.2, 0.25) is 0 Å². The highest BCUT2D eigenvalue weighted by Crippen LogP contribution is 2.67. The van der Waals surface area contributed by atoms with Gasteiger partial charge < -0.3 is 5.11 Å². The maximum Gasteiger partial charge on any atom is 0.136 e. The van der Waals surface area contributed by atoms with Crippen molar-refractivity contribution in [2.24, 2.45) is 40.4 Å². The highest BCUT2D eigenvalue weighted by Gasteiger charge is 2.60. The maximum absolute atomic E-state index is 13.3. The van der Waals surface area contributed by atoms with Crippen molar-refractivity contribution in [3.8, 4) is 0 Å². The van der Waals surface area contributed by atoms with E-state index in [1.807, 2.05) is 12.1 Å². The monoisotopic (exact) mass is 426 g/mol. The minimum Gasteiger partial charge on any atom is -0.393 e. The number of aliphatic hydroxyl groups is 1. The molecule has 5 rings (SSSR count). The second-order valence-corrected chi connectivity index (χ2v) is 11.9. The molecule has 31 heavy (non-hydrogen) atoms. The zero-order chi connectivity index (χ0) is 21.8. The fraction of sp³-hybridized carbons (Fsp3) is 0.750. The molecule has 0 bridgehead atoms. The van der Waals surface area contributed by atoms with Crippen LogP contribution < -0.4 is 0 Å². The van der Waals surface area contributed by atoms with Gasteiger partial charge in [-0.05, 0) is 116 Å². The van der Waals surface area contributed by atoms with Crippen molar-refractivity contribution < 1.29 is 14.3 Å². The Morgan fingerprint density at radius 1 is 0.968 bits per heavy atom. The molecule has 0 heterocycles. The van der Waals surface area contributed by atoms with Crippen LogP contribution in [0.5, 0.6) is 0 Å². The van der Waals surface area contributed by atoms with Gasteiger partial charge in [-0.15, -0.1) is 0 Å². The van der Waals surface area contributed by atoms with E-state index in [4.69, 9.17) is 0 Å². The number of hydrogen-bond donors (Lipinski definition) is 1. The van der Waals surface area contributed by atoms with E-state index in [1.54, 1.807) is 0 Å². The summed E-state index contributed by atoms with van der Waals surface area (Å²) < 4.78 is 13.2. The molecule has 0 unspecified atom stereocenters. The Bertz CT molecular complexity index is 819. The van der Waals surface area contributed by atoms with Gasteiger partial charge in [0.25, 0.3) is 0 Å². The SMILES string of the molecule is C[C@]12CC[C@H](O)C[C@@H]1CC[C@@H]1[C@@H]2CC[C@]2(C)[C@@H](C(=O)CCc3ccc(F)cc3)CC[C@@H]12. The van der Waals surface area contributed by atoms with Crippen molar-refractivity contribution in [1.29, 1.82) is 0 Å². The van der Waals surface area contributed by atoms with E-state index in [0.29, 0.717) is 29.5 Å². The highest BCUT2D eigenvalue weighted by molar-refractivity contribution is 5.82. The number of carbonyl (C=O) groups excluding carboxylic acids is 1. The zero-order valence-corrected chi connectivity index (χ0v) is 19.3. The summed E-state index contributed by atoms with van der Waals surface area (Å²) in [5, 5.41) is 10.2. The number of halogens is 1. The van der Waals surface area contributed by atoms with Crippen LogP contribution in [0.4, 0.5) is 4.39 Å². The first-order valence-electron chi connectivity index (χ1n) is 12.8. The minimum absolute atomic E-state index is 0.0851. The van der Waals surface area contributed by atoms with Crippen molar-refractivity contribution in [2.75, 3.05) is 0 Å². The van der Waals surface area contributed by atoms with Crippen LogP contribution in [-0.2, 0) is 11.2 Å². The summed E-state index contributed by atoms with van der Waals surface area (Å²) in [5.41, 5.74) is 1.62. The Morgan fingerprint density at radius 2 is 1.68 bits per heavy atom. The Balaban J connectivity index is 1.28. The predicted octanol–water partition coefficient (Wildman–Crippen LogP) is 6.35. The molecule has 1 aromatic rings. The molecule has 0 radical (unpaired) electrons. The fourth-order valence-corrected chi connectivity index (χ4v) is 8.86. The van der Waals surface area contributed by atoms with E-state index < -0.39 is 0 Å². The summed E-state index contributed by atoms with van der Waals surface area (Å²) in [6.45, 7) is 4.96. The van der Waals surface area contributed by atoms with Gasteiger partial charge in [-0.3, -0.25) is 4.79 Å². The molecule has 8 atom stereocenters. The van der Waals surface area contributed by atoms with Crippen molar-refractivity contribution in [2.45, 2.75) is 90.6 Å². The van der Waals surface area contributed by atoms with Crippen LogP contribution >= 0.6 is 0 Å². The molecule has 4 fully saturated rings. The first-order valence-corrected chi connectivity index (χ1v) is 12.8. The molecule has 4 aliphatic rings.